The molecule has 0 radical (unpaired) electrons. The number of pyridine rings is 1. The van der Waals surface area contributed by atoms with Crippen LogP contribution in [-0.2, 0) is 11.3 Å². The van der Waals surface area contributed by atoms with E-state index in [1.807, 2.05) is 10.2 Å². The van der Waals surface area contributed by atoms with Crippen molar-refractivity contribution in [3.05, 3.63) is 29.0 Å². The lowest BCUT2D eigenvalue weighted by molar-refractivity contribution is -0.141. The molecule has 1 aliphatic heterocycles. The molecule has 0 spiro atoms. The SMILES string of the molecule is O=C(NCC(F)(F)F)[C@@H]1CCCN1Cc1ccnc(Cl)c1. The number of nitrogens with one attached hydrogen (secondary N) is 1. The Balaban J connectivity index is 1.95. The van der Waals surface area contributed by atoms with Gasteiger partial charge in [0.2, 0.25) is 5.91 Å². The van der Waals surface area contributed by atoms with Crippen LogP contribution in [0.1, 0.15) is 18.4 Å². The Kier molecular flexibility index (Phi) is 5.05. The Morgan fingerprint density at radius 2 is 2.29 bits per heavy atom. The Bertz CT molecular complexity index is 510. The van der Waals surface area contributed by atoms with Crippen LogP contribution in [0, 0.1) is 0 Å². The van der Waals surface area contributed by atoms with Crippen molar-refractivity contribution >= 4 is 17.5 Å². The molecule has 2 heterocycles. The van der Waals surface area contributed by atoms with Gasteiger partial charge in [-0.05, 0) is 37.1 Å². The standard InChI is InChI=1S/C13H15ClF3N3O/c14-11-6-9(3-4-18-11)7-20-5-1-2-10(20)12(21)19-8-13(15,16)17/h3-4,6,10H,1-2,5,7-8H2,(H,19,21)/t10-/m0/s1. The van der Waals surface area contributed by atoms with Gasteiger partial charge in [0.15, 0.2) is 0 Å². The summed E-state index contributed by atoms with van der Waals surface area (Å²) >= 11 is 5.80. The highest BCUT2D eigenvalue weighted by Crippen LogP contribution is 2.21. The van der Waals surface area contributed by atoms with Crippen molar-refractivity contribution in [3.8, 4) is 0 Å². The highest BCUT2D eigenvalue weighted by molar-refractivity contribution is 6.29. The molecule has 0 unspecified atom stereocenters. The van der Waals surface area contributed by atoms with Crippen LogP contribution in [0.5, 0.6) is 0 Å². The Morgan fingerprint density at radius 3 is 2.95 bits per heavy atom. The Labute approximate surface area is 125 Å². The van der Waals surface area contributed by atoms with Gasteiger partial charge in [0.1, 0.15) is 11.7 Å². The number of hydrogen-bond donors (Lipinski definition) is 1. The van der Waals surface area contributed by atoms with Crippen molar-refractivity contribution in [2.75, 3.05) is 13.1 Å². The molecule has 0 aromatic carbocycles. The van der Waals surface area contributed by atoms with Gasteiger partial charge in [0.05, 0.1) is 6.04 Å². The van der Waals surface area contributed by atoms with Crippen LogP contribution < -0.4 is 5.32 Å². The minimum atomic E-state index is -4.39. The van der Waals surface area contributed by atoms with Crippen LogP contribution in [0.2, 0.25) is 5.15 Å². The quantitative estimate of drug-likeness (QED) is 0.866. The minimum Gasteiger partial charge on any atom is -0.346 e. The zero-order valence-electron chi connectivity index (χ0n) is 11.2. The first-order valence-electron chi connectivity index (χ1n) is 6.54. The van der Waals surface area contributed by atoms with Gasteiger partial charge in [-0.15, -0.1) is 0 Å². The van der Waals surface area contributed by atoms with Gasteiger partial charge < -0.3 is 5.32 Å². The molecule has 116 valence electrons. The van der Waals surface area contributed by atoms with Gasteiger partial charge in [-0.25, -0.2) is 4.98 Å². The molecule has 1 N–H and O–H groups in total. The Morgan fingerprint density at radius 1 is 1.52 bits per heavy atom. The van der Waals surface area contributed by atoms with Gasteiger partial charge in [0, 0.05) is 12.7 Å². The maximum absolute atomic E-state index is 12.1. The number of hydrogen-bond acceptors (Lipinski definition) is 3. The van der Waals surface area contributed by atoms with Crippen LogP contribution in [-0.4, -0.2) is 41.1 Å². The van der Waals surface area contributed by atoms with Gasteiger partial charge in [-0.3, -0.25) is 9.69 Å². The number of carbonyl (C=O) groups is 1. The average molecular weight is 322 g/mol. The van der Waals surface area contributed by atoms with Gasteiger partial charge in [0.25, 0.3) is 0 Å². The van der Waals surface area contributed by atoms with Crippen molar-refractivity contribution in [3.63, 3.8) is 0 Å². The van der Waals surface area contributed by atoms with Crippen LogP contribution in [0.3, 0.4) is 0 Å². The molecule has 21 heavy (non-hydrogen) atoms. The summed E-state index contributed by atoms with van der Waals surface area (Å²) < 4.78 is 36.4. The van der Waals surface area contributed by atoms with Crippen molar-refractivity contribution in [1.29, 1.82) is 0 Å². The number of aromatic nitrogens is 1. The summed E-state index contributed by atoms with van der Waals surface area (Å²) in [5.41, 5.74) is 0.880. The average Bonchev–Trinajstić information content (AvgIpc) is 2.83. The molecule has 1 fully saturated rings. The topological polar surface area (TPSA) is 45.2 Å². The third-order valence-corrected chi connectivity index (χ3v) is 3.51. The first kappa shape index (κ1) is 16.0. The van der Waals surface area contributed by atoms with Crippen LogP contribution in [0.25, 0.3) is 0 Å². The van der Waals surface area contributed by atoms with E-state index in [1.54, 1.807) is 18.3 Å². The summed E-state index contributed by atoms with van der Waals surface area (Å²) in [5, 5.41) is 2.30. The molecule has 0 saturated carbocycles. The van der Waals surface area contributed by atoms with E-state index in [1.165, 1.54) is 0 Å². The third kappa shape index (κ3) is 4.86. The van der Waals surface area contributed by atoms with E-state index < -0.39 is 24.7 Å². The lowest BCUT2D eigenvalue weighted by Gasteiger charge is -2.24. The maximum Gasteiger partial charge on any atom is 0.405 e. The van der Waals surface area contributed by atoms with E-state index in [0.717, 1.165) is 12.0 Å². The van der Waals surface area contributed by atoms with Crippen LogP contribution in [0.15, 0.2) is 18.3 Å². The second-order valence-corrected chi connectivity index (χ2v) is 5.34. The molecule has 8 heteroatoms. The van der Waals surface area contributed by atoms with Crippen LogP contribution >= 0.6 is 11.6 Å². The molecule has 0 aliphatic carbocycles. The van der Waals surface area contributed by atoms with Crippen LogP contribution in [0.4, 0.5) is 13.2 Å². The second kappa shape index (κ2) is 6.62. The van der Waals surface area contributed by atoms with Gasteiger partial charge >= 0.3 is 6.18 Å². The molecule has 1 aromatic heterocycles. The Hall–Kier alpha value is -1.34. The van der Waals surface area contributed by atoms with Gasteiger partial charge in [-0.1, -0.05) is 11.6 Å². The van der Waals surface area contributed by atoms with Crippen molar-refractivity contribution < 1.29 is 18.0 Å². The van der Waals surface area contributed by atoms with Crippen molar-refractivity contribution in [2.24, 2.45) is 0 Å². The van der Waals surface area contributed by atoms with E-state index in [0.29, 0.717) is 24.7 Å². The molecule has 1 amide bonds. The number of carbonyl (C=O) groups excluding carboxylic acids is 1. The molecule has 0 bridgehead atoms. The maximum atomic E-state index is 12.1. The number of likely N-dealkylation sites (tertiary alicyclic amines) is 1. The van der Waals surface area contributed by atoms with E-state index in [-0.39, 0.29) is 0 Å². The predicted octanol–water partition coefficient (Wildman–Crippen LogP) is 2.38. The summed E-state index contributed by atoms with van der Waals surface area (Å²) in [4.78, 5) is 17.6. The summed E-state index contributed by atoms with van der Waals surface area (Å²) in [6.07, 6.45) is -1.49. The predicted molar refractivity (Wildman–Crippen MR) is 71.7 cm³/mol. The summed E-state index contributed by atoms with van der Waals surface area (Å²) in [7, 11) is 0. The highest BCUT2D eigenvalue weighted by Gasteiger charge is 2.34. The fourth-order valence-corrected chi connectivity index (χ4v) is 2.59. The fraction of sp³-hybridized carbons (Fsp3) is 0.538. The smallest absolute Gasteiger partial charge is 0.346 e. The zero-order valence-corrected chi connectivity index (χ0v) is 11.9. The van der Waals surface area contributed by atoms with E-state index in [2.05, 4.69) is 4.98 Å². The van der Waals surface area contributed by atoms with Crippen molar-refractivity contribution in [1.82, 2.24) is 15.2 Å². The number of alkyl halides is 3. The molecule has 1 aliphatic rings. The van der Waals surface area contributed by atoms with E-state index in [9.17, 15) is 18.0 Å². The summed E-state index contributed by atoms with van der Waals surface area (Å²) in [6, 6.07) is 2.93. The lowest BCUT2D eigenvalue weighted by atomic mass is 10.2. The van der Waals surface area contributed by atoms with Crippen molar-refractivity contribution in [2.45, 2.75) is 31.6 Å². The second-order valence-electron chi connectivity index (χ2n) is 4.95. The molecule has 4 nitrogen and oxygen atoms in total. The molecule has 1 atom stereocenters. The molecular formula is C13H15ClF3N3O. The molecule has 2 rings (SSSR count). The largest absolute Gasteiger partial charge is 0.405 e. The minimum absolute atomic E-state index is 0.352. The van der Waals surface area contributed by atoms with Gasteiger partial charge in [-0.2, -0.15) is 13.2 Å². The summed E-state index contributed by atoms with van der Waals surface area (Å²) in [5.74, 6) is -0.579. The monoisotopic (exact) mass is 321 g/mol. The number of rotatable bonds is 4. The first-order chi connectivity index (χ1) is 9.85. The fourth-order valence-electron chi connectivity index (χ4n) is 2.39. The normalized spacial score (nSPS) is 19.7. The zero-order chi connectivity index (χ0) is 15.5. The number of halogens is 4. The summed E-state index contributed by atoms with van der Waals surface area (Å²) in [6.45, 7) is -0.159. The number of nitrogens with zero attached hydrogens (tertiary/aromatic N) is 2. The molecule has 1 saturated heterocycles. The number of amides is 1. The van der Waals surface area contributed by atoms with E-state index in [4.69, 9.17) is 11.6 Å². The lowest BCUT2D eigenvalue weighted by Crippen LogP contribution is -2.45. The highest BCUT2D eigenvalue weighted by atomic mass is 35.5. The third-order valence-electron chi connectivity index (χ3n) is 3.31. The molecule has 1 aromatic rings. The first-order valence-corrected chi connectivity index (χ1v) is 6.92. The molecular weight excluding hydrogens is 307 g/mol. The van der Waals surface area contributed by atoms with E-state index >= 15 is 0 Å².